The predicted octanol–water partition coefficient (Wildman–Crippen LogP) is 8.22. The number of sulfonamides is 2. The number of Topliss-reactive ketones (excluding diaryl/α,β-unsaturated/α-hetero) is 1. The Balaban J connectivity index is 0.000000256. The summed E-state index contributed by atoms with van der Waals surface area (Å²) in [7, 11) is -1.11. The first-order chi connectivity index (χ1) is 33.1. The van der Waals surface area contributed by atoms with Crippen LogP contribution in [0.2, 0.25) is 0 Å². The van der Waals surface area contributed by atoms with Gasteiger partial charge in [-0.3, -0.25) is 4.79 Å². The van der Waals surface area contributed by atoms with E-state index < -0.39 is 61.5 Å². The molecule has 0 aliphatic rings. The molecule has 2 amide bonds. The number of carboxylic acids is 1. The third-order valence-electron chi connectivity index (χ3n) is 10.4. The third kappa shape index (κ3) is 16.6. The number of carboxylic acid groups (broad SMARTS) is 1. The van der Waals surface area contributed by atoms with Crippen LogP contribution in [0.4, 0.5) is 15.3 Å². The molecule has 0 bridgehead atoms. The number of nitrogens with two attached hydrogens (primary N) is 1. The van der Waals surface area contributed by atoms with E-state index in [1.807, 2.05) is 66.7 Å². The van der Waals surface area contributed by atoms with Crippen molar-refractivity contribution in [3.8, 4) is 0 Å². The Labute approximate surface area is 417 Å². The summed E-state index contributed by atoms with van der Waals surface area (Å²) in [4.78, 5) is 49.1. The van der Waals surface area contributed by atoms with Crippen molar-refractivity contribution in [1.29, 1.82) is 0 Å². The smallest absolute Gasteiger partial charge is 0.408 e. The zero-order valence-corrected chi connectivity index (χ0v) is 43.4. The maximum atomic E-state index is 13.5. The summed E-state index contributed by atoms with van der Waals surface area (Å²) in [5.74, 6) is -1.29. The van der Waals surface area contributed by atoms with Crippen molar-refractivity contribution < 1.29 is 50.6 Å². The number of rotatable bonds is 14. The van der Waals surface area contributed by atoms with Crippen LogP contribution >= 0.6 is 0 Å². The SMILES string of the molecule is CC(C)(C)OC(=O)N[C@@H](Cc1ccccc1)C(=O)O.CN(C)S(=O)(=O)c1cccc2c(CC(=O)[C@H](Cc3ccccc3)NC(=O)OC(C)(C)C)cccc12.CN(C)S(=O)(=O)c1cccc2c(N)cccc12. The summed E-state index contributed by atoms with van der Waals surface area (Å²) >= 11 is 0. The molecule has 2 atom stereocenters. The van der Waals surface area contributed by atoms with Gasteiger partial charge in [0.15, 0.2) is 5.78 Å². The van der Waals surface area contributed by atoms with E-state index in [9.17, 15) is 36.0 Å². The molecule has 0 heterocycles. The Kier molecular flexibility index (Phi) is 19.4. The largest absolute Gasteiger partial charge is 0.480 e. The molecule has 6 aromatic carbocycles. The number of anilines is 1. The van der Waals surface area contributed by atoms with E-state index in [2.05, 4.69) is 10.6 Å². The number of fused-ring (bicyclic) bond motifs is 2. The number of hydrogen-bond acceptors (Lipinski definition) is 11. The lowest BCUT2D eigenvalue weighted by Gasteiger charge is -2.23. The number of amides is 2. The number of nitrogen functional groups attached to an aromatic ring is 1. The molecule has 0 fully saturated rings. The standard InChI is InChI=1S/C27H32N2O5S.C14H19NO4.C12H14N2O2S/c1-27(2,3)34-26(31)28-23(17-19-11-7-6-8-12-19)24(30)18-20-13-9-15-22-21(20)14-10-16-25(22)35(32,33)29(4)5;1-14(2,3)19-13(18)15-11(12(16)17)9-10-7-5-4-6-8-10;1-14(2)17(15,16)12-8-4-5-9-10(12)6-3-7-11(9)13/h6-16,23H,17-18H2,1-5H3,(H,28,31);4-8,11H,9H2,1-3H3,(H,15,18)(H,16,17);3-8H,13H2,1-2H3/t23-;11-;/m00./s1. The quantitative estimate of drug-likeness (QED) is 0.0757. The van der Waals surface area contributed by atoms with Gasteiger partial charge in [0.05, 0.1) is 15.8 Å². The van der Waals surface area contributed by atoms with Crippen molar-refractivity contribution >= 4 is 71.2 Å². The number of benzene rings is 6. The number of carbonyl (C=O) groups excluding carboxylic acids is 3. The van der Waals surface area contributed by atoms with Gasteiger partial charge in [-0.25, -0.2) is 39.8 Å². The summed E-state index contributed by atoms with van der Waals surface area (Å²) in [5, 5.41) is 16.8. The molecule has 6 rings (SSSR count). The lowest BCUT2D eigenvalue weighted by Crippen LogP contribution is -2.45. The van der Waals surface area contributed by atoms with Gasteiger partial charge >= 0.3 is 18.2 Å². The highest BCUT2D eigenvalue weighted by molar-refractivity contribution is 7.89. The molecule has 0 aliphatic heterocycles. The second-order valence-corrected chi connectivity index (χ2v) is 23.0. The molecule has 18 heteroatoms. The Hall–Kier alpha value is -6.86. The van der Waals surface area contributed by atoms with Crippen molar-refractivity contribution in [1.82, 2.24) is 19.2 Å². The van der Waals surface area contributed by atoms with Gasteiger partial charge in [-0.05, 0) is 88.2 Å². The average molecular weight is 1010 g/mol. The molecule has 0 saturated carbocycles. The molecule has 6 aromatic rings. The fourth-order valence-electron chi connectivity index (χ4n) is 7.00. The van der Waals surface area contributed by atoms with Crippen molar-refractivity contribution in [2.24, 2.45) is 0 Å². The second kappa shape index (κ2) is 24.3. The second-order valence-electron chi connectivity index (χ2n) is 18.8. The monoisotopic (exact) mass is 1010 g/mol. The number of ether oxygens (including phenoxy) is 2. The van der Waals surface area contributed by atoms with Crippen LogP contribution in [0.25, 0.3) is 21.5 Å². The van der Waals surface area contributed by atoms with E-state index in [1.54, 1.807) is 108 Å². The number of nitrogens with one attached hydrogen (secondary N) is 2. The van der Waals surface area contributed by atoms with E-state index in [0.717, 1.165) is 16.5 Å². The molecule has 0 unspecified atom stereocenters. The fourth-order valence-corrected chi connectivity index (χ4v) is 9.20. The van der Waals surface area contributed by atoms with Gasteiger partial charge in [0.1, 0.15) is 17.2 Å². The highest BCUT2D eigenvalue weighted by Crippen LogP contribution is 2.29. The van der Waals surface area contributed by atoms with Gasteiger partial charge in [0, 0.05) is 62.9 Å². The molecule has 0 saturated heterocycles. The highest BCUT2D eigenvalue weighted by Gasteiger charge is 2.28. The van der Waals surface area contributed by atoms with E-state index in [4.69, 9.17) is 20.3 Å². The zero-order valence-electron chi connectivity index (χ0n) is 41.8. The molecule has 5 N–H and O–H groups in total. The normalized spacial score (nSPS) is 12.7. The van der Waals surface area contributed by atoms with Crippen LogP contribution in [0.3, 0.4) is 0 Å². The van der Waals surface area contributed by atoms with Crippen LogP contribution in [0, 0.1) is 0 Å². The number of hydrogen-bond donors (Lipinski definition) is 4. The van der Waals surface area contributed by atoms with E-state index in [0.29, 0.717) is 33.8 Å². The summed E-state index contributed by atoms with van der Waals surface area (Å²) in [5.41, 5.74) is 7.49. The summed E-state index contributed by atoms with van der Waals surface area (Å²) < 4.78 is 62.7. The molecule has 0 aliphatic carbocycles. The number of alkyl carbamates (subject to hydrolysis) is 2. The third-order valence-corrected chi connectivity index (χ3v) is 14.2. The number of aliphatic carboxylic acids is 1. The van der Waals surface area contributed by atoms with Crippen molar-refractivity contribution in [2.75, 3.05) is 33.9 Å². The number of nitrogens with zero attached hydrogens (tertiary/aromatic N) is 2. The van der Waals surface area contributed by atoms with Gasteiger partial charge in [0.2, 0.25) is 20.0 Å². The minimum absolute atomic E-state index is 0.0239. The molecule has 0 spiro atoms. The Morgan fingerprint density at radius 3 is 1.35 bits per heavy atom. The molecule has 16 nitrogen and oxygen atoms in total. The van der Waals surface area contributed by atoms with Crippen molar-refractivity contribution in [3.05, 3.63) is 150 Å². The van der Waals surface area contributed by atoms with Gasteiger partial charge in [-0.1, -0.05) is 115 Å². The first-order valence-electron chi connectivity index (χ1n) is 22.6. The van der Waals surface area contributed by atoms with Crippen molar-refractivity contribution in [3.63, 3.8) is 0 Å². The van der Waals surface area contributed by atoms with Gasteiger partial charge in [-0.2, -0.15) is 0 Å². The maximum absolute atomic E-state index is 13.5. The molecular formula is C53H65N5O11S2. The van der Waals surface area contributed by atoms with Crippen LogP contribution in [0.5, 0.6) is 0 Å². The first kappa shape index (κ1) is 56.7. The van der Waals surface area contributed by atoms with Crippen LogP contribution < -0.4 is 16.4 Å². The first-order valence-corrected chi connectivity index (χ1v) is 25.4. The highest BCUT2D eigenvalue weighted by atomic mass is 32.2. The predicted molar refractivity (Wildman–Crippen MR) is 277 cm³/mol. The lowest BCUT2D eigenvalue weighted by molar-refractivity contribution is -0.139. The summed E-state index contributed by atoms with van der Waals surface area (Å²) in [6.07, 6.45) is -0.838. The number of carbonyl (C=O) groups is 4. The molecule has 380 valence electrons. The minimum Gasteiger partial charge on any atom is -0.480 e. The molecule has 0 aromatic heterocycles. The van der Waals surface area contributed by atoms with E-state index in [-0.39, 0.29) is 28.4 Å². The Morgan fingerprint density at radius 1 is 0.535 bits per heavy atom. The minimum atomic E-state index is -3.66. The molecule has 0 radical (unpaired) electrons. The maximum Gasteiger partial charge on any atom is 0.408 e. The topological polar surface area (TPSA) is 232 Å². The Morgan fingerprint density at radius 2 is 0.915 bits per heavy atom. The summed E-state index contributed by atoms with van der Waals surface area (Å²) in [6, 6.07) is 37.5. The number of ketones is 1. The van der Waals surface area contributed by atoms with E-state index >= 15 is 0 Å². The van der Waals surface area contributed by atoms with Crippen LogP contribution in [0.1, 0.15) is 58.2 Å². The summed E-state index contributed by atoms with van der Waals surface area (Å²) in [6.45, 7) is 10.4. The molecule has 71 heavy (non-hydrogen) atoms. The average Bonchev–Trinajstić information content (AvgIpc) is 3.28. The van der Waals surface area contributed by atoms with Gasteiger partial charge < -0.3 is 30.9 Å². The fraction of sp³-hybridized carbons (Fsp3) is 0.321. The van der Waals surface area contributed by atoms with Crippen LogP contribution in [-0.2, 0) is 58.4 Å². The van der Waals surface area contributed by atoms with E-state index in [1.165, 1.54) is 36.8 Å². The van der Waals surface area contributed by atoms with Gasteiger partial charge in [0.25, 0.3) is 0 Å². The molecular weight excluding hydrogens is 947 g/mol. The van der Waals surface area contributed by atoms with Gasteiger partial charge in [-0.15, -0.1) is 0 Å². The van der Waals surface area contributed by atoms with Crippen molar-refractivity contribution in [2.45, 2.75) is 93.9 Å². The van der Waals surface area contributed by atoms with Crippen LogP contribution in [-0.4, -0.2) is 106 Å². The lowest BCUT2D eigenvalue weighted by atomic mass is 9.95. The Bertz CT molecular complexity index is 3030. The zero-order chi connectivity index (χ0) is 52.9. The van der Waals surface area contributed by atoms with Crippen LogP contribution in [0.15, 0.2) is 143 Å².